The average Bonchev–Trinajstić information content (AvgIpc) is 3.03. The largest absolute Gasteiger partial charge is 0.294 e. The summed E-state index contributed by atoms with van der Waals surface area (Å²) in [5.41, 5.74) is -0.500. The number of carbonyl (C=O) groups excluding carboxylic acids is 2. The predicted molar refractivity (Wildman–Crippen MR) is 76.8 cm³/mol. The van der Waals surface area contributed by atoms with Gasteiger partial charge in [-0.25, -0.2) is 4.68 Å². The molecule has 1 saturated heterocycles. The third-order valence-electron chi connectivity index (χ3n) is 3.64. The van der Waals surface area contributed by atoms with E-state index in [1.54, 1.807) is 44.3 Å². The number of nitrogens with zero attached hydrogens (tertiary/aromatic N) is 4. The van der Waals surface area contributed by atoms with Crippen LogP contribution in [0.3, 0.4) is 0 Å². The van der Waals surface area contributed by atoms with Gasteiger partial charge in [-0.05, 0) is 38.1 Å². The Bertz CT molecular complexity index is 694. The Morgan fingerprint density at radius 2 is 1.86 bits per heavy atom. The highest BCUT2D eigenvalue weighted by Gasteiger charge is 2.54. The van der Waals surface area contributed by atoms with Gasteiger partial charge in [0.15, 0.2) is 11.9 Å². The molecule has 0 saturated carbocycles. The molecule has 1 fully saturated rings. The summed E-state index contributed by atoms with van der Waals surface area (Å²) in [6.07, 6.45) is 2.22. The van der Waals surface area contributed by atoms with E-state index in [2.05, 4.69) is 10.3 Å². The second kappa shape index (κ2) is 4.66. The summed E-state index contributed by atoms with van der Waals surface area (Å²) >= 11 is 5.88. The highest BCUT2D eigenvalue weighted by atomic mass is 35.5. The monoisotopic (exact) mass is 304 g/mol. The van der Waals surface area contributed by atoms with Crippen molar-refractivity contribution in [1.29, 1.82) is 0 Å². The van der Waals surface area contributed by atoms with Crippen molar-refractivity contribution in [1.82, 2.24) is 15.0 Å². The number of anilines is 1. The highest BCUT2D eigenvalue weighted by Crippen LogP contribution is 2.40. The number of aromatic nitrogens is 3. The lowest BCUT2D eigenvalue weighted by Crippen LogP contribution is -2.34. The number of halogens is 1. The van der Waals surface area contributed by atoms with E-state index in [-0.39, 0.29) is 11.7 Å². The van der Waals surface area contributed by atoms with Crippen LogP contribution in [0.1, 0.15) is 20.0 Å². The maximum absolute atomic E-state index is 12.6. The summed E-state index contributed by atoms with van der Waals surface area (Å²) in [5, 5.41) is 8.15. The number of amides is 1. The normalized spacial score (nSPS) is 21.1. The highest BCUT2D eigenvalue weighted by molar-refractivity contribution is 6.30. The number of benzene rings is 1. The van der Waals surface area contributed by atoms with Gasteiger partial charge < -0.3 is 0 Å². The van der Waals surface area contributed by atoms with E-state index in [0.717, 1.165) is 0 Å². The standard InChI is InChI=1S/C14H13ClN4O2/c1-14(2)11(20)12(18-8-7-16-17-18)19(13(14)21)10-5-3-9(15)4-6-10/h3-8,12H,1-2H3. The van der Waals surface area contributed by atoms with E-state index < -0.39 is 11.6 Å². The van der Waals surface area contributed by atoms with Crippen molar-refractivity contribution in [2.24, 2.45) is 5.41 Å². The van der Waals surface area contributed by atoms with E-state index in [1.165, 1.54) is 15.8 Å². The fourth-order valence-electron chi connectivity index (χ4n) is 2.40. The van der Waals surface area contributed by atoms with Crippen molar-refractivity contribution in [3.05, 3.63) is 41.7 Å². The summed E-state index contributed by atoms with van der Waals surface area (Å²) < 4.78 is 1.39. The van der Waals surface area contributed by atoms with Gasteiger partial charge in [-0.1, -0.05) is 16.8 Å². The van der Waals surface area contributed by atoms with E-state index in [0.29, 0.717) is 10.7 Å². The van der Waals surface area contributed by atoms with E-state index in [4.69, 9.17) is 11.6 Å². The number of ketones is 1. The van der Waals surface area contributed by atoms with Crippen molar-refractivity contribution < 1.29 is 9.59 Å². The van der Waals surface area contributed by atoms with Crippen molar-refractivity contribution in [2.45, 2.75) is 20.0 Å². The summed E-state index contributed by atoms with van der Waals surface area (Å²) in [4.78, 5) is 26.7. The molecule has 7 heteroatoms. The molecule has 1 aliphatic heterocycles. The van der Waals surface area contributed by atoms with E-state index in [9.17, 15) is 9.59 Å². The molecule has 2 heterocycles. The van der Waals surface area contributed by atoms with Crippen LogP contribution in [0.25, 0.3) is 0 Å². The molecule has 108 valence electrons. The van der Waals surface area contributed by atoms with Crippen molar-refractivity contribution in [3.8, 4) is 0 Å². The number of hydrogen-bond donors (Lipinski definition) is 0. The fraction of sp³-hybridized carbons (Fsp3) is 0.286. The first-order valence-electron chi connectivity index (χ1n) is 6.42. The summed E-state index contributed by atoms with van der Waals surface area (Å²) in [6, 6.07) is 6.77. The summed E-state index contributed by atoms with van der Waals surface area (Å²) in [7, 11) is 0. The van der Waals surface area contributed by atoms with Crippen molar-refractivity contribution in [2.75, 3.05) is 4.90 Å². The molecule has 1 atom stereocenters. The summed E-state index contributed by atoms with van der Waals surface area (Å²) in [6.45, 7) is 3.25. The molecule has 1 aromatic heterocycles. The average molecular weight is 305 g/mol. The van der Waals surface area contributed by atoms with Crippen LogP contribution >= 0.6 is 11.6 Å². The molecule has 0 aliphatic carbocycles. The molecule has 1 amide bonds. The zero-order valence-electron chi connectivity index (χ0n) is 11.5. The van der Waals surface area contributed by atoms with E-state index in [1.807, 2.05) is 0 Å². The number of hydrogen-bond acceptors (Lipinski definition) is 4. The number of carbonyl (C=O) groups is 2. The minimum atomic E-state index is -1.10. The molecule has 0 radical (unpaired) electrons. The molecular formula is C14H13ClN4O2. The Balaban J connectivity index is 2.13. The Morgan fingerprint density at radius 1 is 1.19 bits per heavy atom. The molecule has 21 heavy (non-hydrogen) atoms. The van der Waals surface area contributed by atoms with Gasteiger partial charge in [-0.3, -0.25) is 14.5 Å². The Hall–Kier alpha value is -2.21. The topological polar surface area (TPSA) is 68.1 Å². The van der Waals surface area contributed by atoms with Gasteiger partial charge in [0.25, 0.3) is 0 Å². The van der Waals surface area contributed by atoms with Crippen LogP contribution in [0, 0.1) is 5.41 Å². The van der Waals surface area contributed by atoms with Gasteiger partial charge in [0.05, 0.1) is 6.20 Å². The second-order valence-corrected chi connectivity index (χ2v) is 5.83. The van der Waals surface area contributed by atoms with Gasteiger partial charge in [-0.2, -0.15) is 0 Å². The van der Waals surface area contributed by atoms with Crippen LogP contribution < -0.4 is 4.90 Å². The third-order valence-corrected chi connectivity index (χ3v) is 3.90. The van der Waals surface area contributed by atoms with Crippen molar-refractivity contribution in [3.63, 3.8) is 0 Å². The molecule has 1 aromatic carbocycles. The maximum Gasteiger partial charge on any atom is 0.242 e. The lowest BCUT2D eigenvalue weighted by Gasteiger charge is -2.23. The lowest BCUT2D eigenvalue weighted by atomic mass is 9.90. The Morgan fingerprint density at radius 3 is 2.43 bits per heavy atom. The molecule has 6 nitrogen and oxygen atoms in total. The third kappa shape index (κ3) is 2.03. The first kappa shape index (κ1) is 13.8. The molecule has 2 aromatic rings. The van der Waals surface area contributed by atoms with Gasteiger partial charge in [0.2, 0.25) is 5.91 Å². The first-order valence-corrected chi connectivity index (χ1v) is 6.80. The van der Waals surface area contributed by atoms with Crippen LogP contribution in [-0.2, 0) is 9.59 Å². The van der Waals surface area contributed by atoms with Gasteiger partial charge in [0, 0.05) is 16.9 Å². The Kier molecular flexibility index (Phi) is 3.06. The van der Waals surface area contributed by atoms with Crippen LogP contribution in [0.2, 0.25) is 5.02 Å². The predicted octanol–water partition coefficient (Wildman–Crippen LogP) is 2.07. The van der Waals surface area contributed by atoms with Crippen LogP contribution in [0.4, 0.5) is 5.69 Å². The quantitative estimate of drug-likeness (QED) is 0.797. The molecule has 1 unspecified atom stereocenters. The molecule has 0 spiro atoms. The first-order chi connectivity index (χ1) is 9.93. The van der Waals surface area contributed by atoms with E-state index >= 15 is 0 Å². The molecule has 0 N–H and O–H groups in total. The zero-order valence-corrected chi connectivity index (χ0v) is 12.3. The molecular weight excluding hydrogens is 292 g/mol. The smallest absolute Gasteiger partial charge is 0.242 e. The SMILES string of the molecule is CC1(C)C(=O)C(n2ccnn2)N(c2ccc(Cl)cc2)C1=O. The number of rotatable bonds is 2. The Labute approximate surface area is 126 Å². The fourth-order valence-corrected chi connectivity index (χ4v) is 2.53. The van der Waals surface area contributed by atoms with Crippen LogP contribution in [0.15, 0.2) is 36.7 Å². The maximum atomic E-state index is 12.6. The zero-order chi connectivity index (χ0) is 15.2. The molecule has 1 aliphatic rings. The van der Waals surface area contributed by atoms with Crippen LogP contribution in [0.5, 0.6) is 0 Å². The minimum Gasteiger partial charge on any atom is -0.294 e. The van der Waals surface area contributed by atoms with Gasteiger partial charge >= 0.3 is 0 Å². The van der Waals surface area contributed by atoms with Crippen LogP contribution in [-0.4, -0.2) is 26.7 Å². The second-order valence-electron chi connectivity index (χ2n) is 5.40. The molecule has 0 bridgehead atoms. The lowest BCUT2D eigenvalue weighted by molar-refractivity contribution is -0.133. The van der Waals surface area contributed by atoms with Gasteiger partial charge in [0.1, 0.15) is 5.41 Å². The minimum absolute atomic E-state index is 0.215. The van der Waals surface area contributed by atoms with Crippen molar-refractivity contribution >= 4 is 29.0 Å². The summed E-state index contributed by atoms with van der Waals surface area (Å²) in [5.74, 6) is -0.483. The number of Topliss-reactive ketones (excluding diaryl/α,β-unsaturated/α-hetero) is 1. The molecule has 3 rings (SSSR count). The van der Waals surface area contributed by atoms with Gasteiger partial charge in [-0.15, -0.1) is 5.10 Å².